The zero-order valence-electron chi connectivity index (χ0n) is 18.7. The number of rotatable bonds is 4. The number of nitrogens with one attached hydrogen (secondary N) is 2. The third-order valence-electron chi connectivity index (χ3n) is 5.74. The zero-order chi connectivity index (χ0) is 23.8. The zero-order valence-corrected chi connectivity index (χ0v) is 20.3. The number of aryl methyl sites for hydroxylation is 1. The highest BCUT2D eigenvalue weighted by atomic mass is 32.1. The summed E-state index contributed by atoms with van der Waals surface area (Å²) in [5, 5.41) is 8.57. The Hall–Kier alpha value is -3.56. The first kappa shape index (κ1) is 22.2. The smallest absolute Gasteiger partial charge is 0.323 e. The first-order chi connectivity index (χ1) is 16.4. The van der Waals surface area contributed by atoms with Gasteiger partial charge in [-0.3, -0.25) is 14.9 Å². The van der Waals surface area contributed by atoms with Gasteiger partial charge in [-0.05, 0) is 48.4 Å². The van der Waals surface area contributed by atoms with E-state index in [-0.39, 0.29) is 5.91 Å². The summed E-state index contributed by atoms with van der Waals surface area (Å²) in [7, 11) is 3.14. The molecule has 9 heteroatoms. The van der Waals surface area contributed by atoms with Gasteiger partial charge in [0.25, 0.3) is 11.8 Å². The molecule has 0 fully saturated rings. The van der Waals surface area contributed by atoms with Crippen LogP contribution in [0.4, 0.5) is 9.80 Å². The summed E-state index contributed by atoms with van der Waals surface area (Å²) in [6.07, 6.45) is 2.57. The number of nitrogens with zero attached hydrogens (tertiary/aromatic N) is 2. The molecule has 2 N–H and O–H groups in total. The Morgan fingerprint density at radius 2 is 1.85 bits per heavy atom. The summed E-state index contributed by atoms with van der Waals surface area (Å²) in [6, 6.07) is 12.7. The number of carbonyl (C=O) groups excluding carboxylic acids is 3. The predicted octanol–water partition coefficient (Wildman–Crippen LogP) is 5.18. The molecule has 1 aliphatic rings. The largest absolute Gasteiger partial charge is 0.331 e. The highest BCUT2D eigenvalue weighted by Crippen LogP contribution is 2.39. The van der Waals surface area contributed by atoms with Crippen LogP contribution in [0.25, 0.3) is 21.5 Å². The highest BCUT2D eigenvalue weighted by molar-refractivity contribution is 7.17. The molecular formula is C25H22N4O3S2. The molecular weight excluding hydrogens is 468 g/mol. The van der Waals surface area contributed by atoms with Gasteiger partial charge in [0.05, 0.1) is 27.2 Å². The van der Waals surface area contributed by atoms with Crippen molar-refractivity contribution in [3.05, 3.63) is 69.4 Å². The van der Waals surface area contributed by atoms with E-state index >= 15 is 0 Å². The normalized spacial score (nSPS) is 12.4. The topological polar surface area (TPSA) is 91.4 Å². The van der Waals surface area contributed by atoms with Gasteiger partial charge in [-0.2, -0.15) is 0 Å². The fourth-order valence-electron chi connectivity index (χ4n) is 4.09. The molecule has 4 amide bonds. The monoisotopic (exact) mass is 490 g/mol. The average Bonchev–Trinajstić information content (AvgIpc) is 3.56. The quantitative estimate of drug-likeness (QED) is 0.413. The van der Waals surface area contributed by atoms with E-state index in [1.165, 1.54) is 16.2 Å². The number of fused-ring (bicyclic) bond motifs is 2. The second-order valence-electron chi connectivity index (χ2n) is 8.22. The molecule has 0 spiro atoms. The Bertz CT molecular complexity index is 1420. The third kappa shape index (κ3) is 4.08. The van der Waals surface area contributed by atoms with Crippen LogP contribution in [0.1, 0.15) is 37.6 Å². The maximum Gasteiger partial charge on any atom is 0.323 e. The molecule has 0 atom stereocenters. The van der Waals surface area contributed by atoms with Gasteiger partial charge in [-0.25, -0.2) is 9.78 Å². The molecule has 34 heavy (non-hydrogen) atoms. The van der Waals surface area contributed by atoms with Crippen LogP contribution in [-0.4, -0.2) is 41.8 Å². The molecule has 0 unspecified atom stereocenters. The standard InChI is InChI=1S/C25H22N4O3S2/c1-29(2)25(32)28-23(31)21-15-8-5-10-19(15)34-24(21)27-22(30)16-13-18(20-11-6-12-33-20)26-17-9-4-3-7-14(16)17/h3-4,6-7,9,11-13H,5,8,10H2,1-2H3,(H,27,30)(H,28,31,32). The van der Waals surface area contributed by atoms with E-state index in [0.29, 0.717) is 16.1 Å². The van der Waals surface area contributed by atoms with Crippen LogP contribution < -0.4 is 10.6 Å². The summed E-state index contributed by atoms with van der Waals surface area (Å²) < 4.78 is 0. The number of amides is 4. The third-order valence-corrected chi connectivity index (χ3v) is 7.84. The van der Waals surface area contributed by atoms with Crippen LogP contribution in [0, 0.1) is 0 Å². The highest BCUT2D eigenvalue weighted by Gasteiger charge is 2.29. The number of aromatic nitrogens is 1. The number of benzene rings is 1. The van der Waals surface area contributed by atoms with Gasteiger partial charge in [0.2, 0.25) is 0 Å². The van der Waals surface area contributed by atoms with Gasteiger partial charge in [-0.1, -0.05) is 24.3 Å². The van der Waals surface area contributed by atoms with E-state index in [1.807, 2.05) is 41.8 Å². The first-order valence-electron chi connectivity index (χ1n) is 10.8. The molecule has 1 aromatic carbocycles. The van der Waals surface area contributed by atoms with Crippen molar-refractivity contribution in [2.75, 3.05) is 19.4 Å². The lowest BCUT2D eigenvalue weighted by molar-refractivity contribution is 0.0957. The number of pyridine rings is 1. The molecule has 172 valence electrons. The molecule has 0 bridgehead atoms. The summed E-state index contributed by atoms with van der Waals surface area (Å²) in [5.41, 5.74) is 3.24. The average molecular weight is 491 g/mol. The fraction of sp³-hybridized carbons (Fsp3) is 0.200. The molecule has 1 aliphatic carbocycles. The molecule has 0 radical (unpaired) electrons. The SMILES string of the molecule is CN(C)C(=O)NC(=O)c1c(NC(=O)c2cc(-c3cccs3)nc3ccccc23)sc2c1CCC2. The number of hydrogen-bond donors (Lipinski definition) is 2. The van der Waals surface area contributed by atoms with Gasteiger partial charge < -0.3 is 10.2 Å². The van der Waals surface area contributed by atoms with Crippen LogP contribution in [-0.2, 0) is 12.8 Å². The number of hydrogen-bond acceptors (Lipinski definition) is 6. The Kier molecular flexibility index (Phi) is 5.89. The van der Waals surface area contributed by atoms with E-state index in [1.54, 1.807) is 31.5 Å². The summed E-state index contributed by atoms with van der Waals surface area (Å²) >= 11 is 2.97. The van der Waals surface area contributed by atoms with Crippen molar-refractivity contribution in [2.24, 2.45) is 0 Å². The molecule has 0 saturated heterocycles. The molecule has 5 rings (SSSR count). The van der Waals surface area contributed by atoms with E-state index in [2.05, 4.69) is 10.6 Å². The Morgan fingerprint density at radius 1 is 1.03 bits per heavy atom. The molecule has 4 aromatic rings. The van der Waals surface area contributed by atoms with Crippen molar-refractivity contribution in [3.63, 3.8) is 0 Å². The minimum atomic E-state index is -0.499. The molecule has 0 saturated carbocycles. The number of para-hydroxylation sites is 1. The Labute approximate surface area is 204 Å². The van der Waals surface area contributed by atoms with Gasteiger partial charge in [0, 0.05) is 24.4 Å². The van der Waals surface area contributed by atoms with Crippen molar-refractivity contribution in [2.45, 2.75) is 19.3 Å². The lowest BCUT2D eigenvalue weighted by Gasteiger charge is -2.13. The van der Waals surface area contributed by atoms with Gasteiger partial charge in [0.1, 0.15) is 5.00 Å². The van der Waals surface area contributed by atoms with E-state index in [0.717, 1.165) is 51.2 Å². The van der Waals surface area contributed by atoms with Crippen molar-refractivity contribution >= 4 is 56.4 Å². The number of carbonyl (C=O) groups is 3. The molecule has 3 heterocycles. The molecule has 7 nitrogen and oxygen atoms in total. The van der Waals surface area contributed by atoms with E-state index in [4.69, 9.17) is 4.98 Å². The summed E-state index contributed by atoms with van der Waals surface area (Å²) in [5.74, 6) is -0.809. The van der Waals surface area contributed by atoms with Gasteiger partial charge in [-0.15, -0.1) is 22.7 Å². The minimum absolute atomic E-state index is 0.315. The van der Waals surface area contributed by atoms with Gasteiger partial charge in [0.15, 0.2) is 0 Å². The number of urea groups is 1. The van der Waals surface area contributed by atoms with Crippen molar-refractivity contribution in [1.82, 2.24) is 15.2 Å². The maximum atomic E-state index is 13.5. The van der Waals surface area contributed by atoms with E-state index in [9.17, 15) is 14.4 Å². The second-order valence-corrected chi connectivity index (χ2v) is 10.3. The Balaban J connectivity index is 1.53. The van der Waals surface area contributed by atoms with Crippen molar-refractivity contribution in [1.29, 1.82) is 0 Å². The van der Waals surface area contributed by atoms with Crippen LogP contribution in [0.15, 0.2) is 47.8 Å². The van der Waals surface area contributed by atoms with Crippen molar-refractivity contribution in [3.8, 4) is 10.6 Å². The maximum absolute atomic E-state index is 13.5. The van der Waals surface area contributed by atoms with Crippen LogP contribution in [0.3, 0.4) is 0 Å². The van der Waals surface area contributed by atoms with E-state index < -0.39 is 11.9 Å². The number of anilines is 1. The molecule has 0 aliphatic heterocycles. The van der Waals surface area contributed by atoms with Crippen LogP contribution >= 0.6 is 22.7 Å². The van der Waals surface area contributed by atoms with Crippen molar-refractivity contribution < 1.29 is 14.4 Å². The predicted molar refractivity (Wildman–Crippen MR) is 136 cm³/mol. The first-order valence-corrected chi connectivity index (χ1v) is 12.5. The Morgan fingerprint density at radius 3 is 2.62 bits per heavy atom. The fourth-order valence-corrected chi connectivity index (χ4v) is 6.06. The number of imide groups is 1. The van der Waals surface area contributed by atoms with Crippen LogP contribution in [0.5, 0.6) is 0 Å². The lowest BCUT2D eigenvalue weighted by Crippen LogP contribution is -2.39. The van der Waals surface area contributed by atoms with Gasteiger partial charge >= 0.3 is 6.03 Å². The second kappa shape index (κ2) is 9.00. The van der Waals surface area contributed by atoms with Crippen LogP contribution in [0.2, 0.25) is 0 Å². The summed E-state index contributed by atoms with van der Waals surface area (Å²) in [6.45, 7) is 0. The number of thiophene rings is 2. The summed E-state index contributed by atoms with van der Waals surface area (Å²) in [4.78, 5) is 46.8. The minimum Gasteiger partial charge on any atom is -0.331 e. The molecule has 3 aromatic heterocycles. The lowest BCUT2D eigenvalue weighted by atomic mass is 10.1.